The van der Waals surface area contributed by atoms with Crippen molar-refractivity contribution in [3.8, 4) is 0 Å². The summed E-state index contributed by atoms with van der Waals surface area (Å²) in [5.74, 6) is 0.777. The molecular formula is C28H42N4O2. The van der Waals surface area contributed by atoms with Gasteiger partial charge < -0.3 is 9.64 Å². The van der Waals surface area contributed by atoms with Gasteiger partial charge in [-0.25, -0.2) is 9.99 Å². The van der Waals surface area contributed by atoms with Crippen LogP contribution in [0.4, 0.5) is 5.82 Å². The van der Waals surface area contributed by atoms with Crippen LogP contribution >= 0.6 is 0 Å². The second kappa shape index (κ2) is 15.0. The van der Waals surface area contributed by atoms with Gasteiger partial charge in [-0.3, -0.25) is 4.79 Å². The van der Waals surface area contributed by atoms with Crippen LogP contribution in [0.1, 0.15) is 78.7 Å². The first kappa shape index (κ1) is 29.0. The number of nitrogens with zero attached hydrogens (tertiary/aromatic N) is 4. The highest BCUT2D eigenvalue weighted by Gasteiger charge is 2.27. The van der Waals surface area contributed by atoms with Crippen LogP contribution in [0.15, 0.2) is 42.3 Å². The molecule has 1 aromatic carbocycles. The van der Waals surface area contributed by atoms with E-state index >= 15 is 0 Å². The summed E-state index contributed by atoms with van der Waals surface area (Å²) in [6.07, 6.45) is 6.68. The topological polar surface area (TPSA) is 58.0 Å². The zero-order chi connectivity index (χ0) is 25.7. The van der Waals surface area contributed by atoms with E-state index in [9.17, 15) is 4.79 Å². The fourth-order valence-corrected chi connectivity index (χ4v) is 3.74. The number of rotatable bonds is 5. The lowest BCUT2D eigenvalue weighted by molar-refractivity contribution is 0.0816. The highest BCUT2D eigenvalue weighted by Crippen LogP contribution is 2.30. The van der Waals surface area contributed by atoms with Gasteiger partial charge in [0.1, 0.15) is 0 Å². The quantitative estimate of drug-likeness (QED) is 0.384. The zero-order valence-electron chi connectivity index (χ0n) is 22.1. The summed E-state index contributed by atoms with van der Waals surface area (Å²) in [7, 11) is 1.85. The van der Waals surface area contributed by atoms with E-state index in [4.69, 9.17) is 4.74 Å². The minimum atomic E-state index is 0.103. The van der Waals surface area contributed by atoms with E-state index < -0.39 is 0 Å². The summed E-state index contributed by atoms with van der Waals surface area (Å²) in [6, 6.07) is 5.94. The van der Waals surface area contributed by atoms with Crippen LogP contribution < -0.4 is 5.01 Å². The highest BCUT2D eigenvalue weighted by atomic mass is 16.5. The molecule has 3 heterocycles. The predicted octanol–water partition coefficient (Wildman–Crippen LogP) is 6.29. The van der Waals surface area contributed by atoms with Crippen molar-refractivity contribution in [2.75, 3.05) is 25.3 Å². The first-order valence-corrected chi connectivity index (χ1v) is 12.2. The number of amides is 1. The molecule has 0 radical (unpaired) electrons. The Balaban J connectivity index is 0.000000550. The second-order valence-corrected chi connectivity index (χ2v) is 7.66. The molecule has 0 bridgehead atoms. The number of fused-ring (bicyclic) bond motifs is 1. The molecule has 1 aromatic heterocycles. The van der Waals surface area contributed by atoms with Crippen molar-refractivity contribution >= 4 is 18.4 Å². The number of ether oxygens (including phenoxy) is 1. The number of benzene rings is 1. The molecule has 1 saturated heterocycles. The van der Waals surface area contributed by atoms with Crippen molar-refractivity contribution in [2.24, 2.45) is 5.10 Å². The lowest BCUT2D eigenvalue weighted by atomic mass is 9.91. The SMILES string of the molecule is C1CCOC1.C=CN(N=C)c1ccc(Cc2cc3c(c(C)c2C)CN(C)C3=O)cn1.CC.CC. The number of hydrogen-bond acceptors (Lipinski definition) is 5. The smallest absolute Gasteiger partial charge is 0.254 e. The minimum Gasteiger partial charge on any atom is -0.381 e. The van der Waals surface area contributed by atoms with Crippen molar-refractivity contribution in [1.29, 1.82) is 0 Å². The number of carbonyl (C=O) groups excluding carboxylic acids is 1. The number of aromatic nitrogens is 1. The van der Waals surface area contributed by atoms with Gasteiger partial charge in [-0.05, 0) is 73.1 Å². The standard InChI is InChI=1S/C20H22N4O.C4H8O.2C2H6/c1-6-24(21-4)19-8-7-15(11-22-19)9-16-10-17-18(14(3)13(16)2)12-23(5)20(17)25;1-2-4-5-3-1;2*1-2/h6-8,10-11H,1,4,9,12H2,2-3,5H3;1-4H2;2*1-2H3. The molecule has 0 saturated carbocycles. The van der Waals surface area contributed by atoms with Crippen LogP contribution in [0.5, 0.6) is 0 Å². The molecule has 0 spiro atoms. The summed E-state index contributed by atoms with van der Waals surface area (Å²) in [5.41, 5.74) is 6.68. The lowest BCUT2D eigenvalue weighted by Crippen LogP contribution is -2.17. The molecule has 1 amide bonds. The Kier molecular flexibility index (Phi) is 12.8. The van der Waals surface area contributed by atoms with Gasteiger partial charge in [0.05, 0.1) is 0 Å². The number of hydrogen-bond donors (Lipinski definition) is 0. The molecule has 2 aromatic rings. The number of pyridine rings is 1. The van der Waals surface area contributed by atoms with Crippen LogP contribution in [0, 0.1) is 13.8 Å². The molecule has 2 aliphatic heterocycles. The number of hydrazone groups is 1. The van der Waals surface area contributed by atoms with Gasteiger partial charge >= 0.3 is 0 Å². The molecule has 0 atom stereocenters. The predicted molar refractivity (Wildman–Crippen MR) is 144 cm³/mol. The summed E-state index contributed by atoms with van der Waals surface area (Å²) in [6.45, 7) is 22.1. The minimum absolute atomic E-state index is 0.103. The Morgan fingerprint density at radius 3 is 2.26 bits per heavy atom. The third-order valence-corrected chi connectivity index (χ3v) is 5.70. The lowest BCUT2D eigenvalue weighted by Gasteiger charge is -2.14. The van der Waals surface area contributed by atoms with Crippen molar-refractivity contribution in [1.82, 2.24) is 9.88 Å². The summed E-state index contributed by atoms with van der Waals surface area (Å²) < 4.78 is 4.94. The van der Waals surface area contributed by atoms with Crippen LogP contribution in [-0.4, -0.2) is 42.8 Å². The Labute approximate surface area is 206 Å². The first-order valence-electron chi connectivity index (χ1n) is 12.2. The Morgan fingerprint density at radius 2 is 1.79 bits per heavy atom. The van der Waals surface area contributed by atoms with Gasteiger partial charge in [0, 0.05) is 51.5 Å². The van der Waals surface area contributed by atoms with Crippen molar-refractivity contribution < 1.29 is 9.53 Å². The van der Waals surface area contributed by atoms with Crippen molar-refractivity contribution in [3.05, 3.63) is 70.6 Å². The number of carbonyl (C=O) groups is 1. The molecule has 0 N–H and O–H groups in total. The van der Waals surface area contributed by atoms with E-state index in [0.29, 0.717) is 12.4 Å². The normalized spacial score (nSPS) is 13.4. The average molecular weight is 467 g/mol. The van der Waals surface area contributed by atoms with Crippen LogP contribution in [-0.2, 0) is 17.7 Å². The molecule has 6 nitrogen and oxygen atoms in total. The molecule has 6 heteroatoms. The summed E-state index contributed by atoms with van der Waals surface area (Å²) in [4.78, 5) is 18.5. The molecule has 0 unspecified atom stereocenters. The van der Waals surface area contributed by atoms with Gasteiger partial charge in [-0.1, -0.05) is 40.3 Å². The Bertz CT molecular complexity index is 919. The van der Waals surface area contributed by atoms with E-state index in [1.165, 1.54) is 29.0 Å². The fourth-order valence-electron chi connectivity index (χ4n) is 3.74. The van der Waals surface area contributed by atoms with E-state index in [1.807, 2.05) is 59.1 Å². The van der Waals surface area contributed by atoms with E-state index in [2.05, 4.69) is 37.2 Å². The molecular weight excluding hydrogens is 424 g/mol. The second-order valence-electron chi connectivity index (χ2n) is 7.66. The van der Waals surface area contributed by atoms with E-state index in [0.717, 1.165) is 41.9 Å². The van der Waals surface area contributed by atoms with Gasteiger partial charge in [0.15, 0.2) is 5.82 Å². The highest BCUT2D eigenvalue weighted by molar-refractivity contribution is 5.99. The Hall–Kier alpha value is -2.99. The van der Waals surface area contributed by atoms with Gasteiger partial charge in [0.2, 0.25) is 0 Å². The van der Waals surface area contributed by atoms with Crippen LogP contribution in [0.3, 0.4) is 0 Å². The maximum atomic E-state index is 12.3. The van der Waals surface area contributed by atoms with Crippen LogP contribution in [0.2, 0.25) is 0 Å². The van der Waals surface area contributed by atoms with Crippen molar-refractivity contribution in [2.45, 2.75) is 67.3 Å². The molecule has 0 aliphatic carbocycles. The summed E-state index contributed by atoms with van der Waals surface area (Å²) in [5, 5.41) is 5.35. The van der Waals surface area contributed by atoms with Gasteiger partial charge in [-0.2, -0.15) is 5.10 Å². The zero-order valence-corrected chi connectivity index (χ0v) is 22.1. The molecule has 186 valence electrons. The Morgan fingerprint density at radius 1 is 1.15 bits per heavy atom. The largest absolute Gasteiger partial charge is 0.381 e. The molecule has 2 aliphatic rings. The molecule has 34 heavy (non-hydrogen) atoms. The van der Waals surface area contributed by atoms with Crippen molar-refractivity contribution in [3.63, 3.8) is 0 Å². The average Bonchev–Trinajstić information content (AvgIpc) is 3.55. The number of anilines is 1. The third kappa shape index (κ3) is 7.26. The first-order chi connectivity index (χ1) is 16.5. The third-order valence-electron chi connectivity index (χ3n) is 5.70. The molecule has 1 fully saturated rings. The maximum absolute atomic E-state index is 12.3. The maximum Gasteiger partial charge on any atom is 0.254 e. The van der Waals surface area contributed by atoms with Gasteiger partial charge in [-0.15, -0.1) is 0 Å². The molecule has 4 rings (SSSR count). The van der Waals surface area contributed by atoms with Crippen LogP contribution in [0.25, 0.3) is 0 Å². The van der Waals surface area contributed by atoms with E-state index in [-0.39, 0.29) is 5.91 Å². The van der Waals surface area contributed by atoms with Gasteiger partial charge in [0.25, 0.3) is 5.91 Å². The van der Waals surface area contributed by atoms with E-state index in [1.54, 1.807) is 11.1 Å². The monoisotopic (exact) mass is 466 g/mol. The fraction of sp³-hybridized carbons (Fsp3) is 0.464. The summed E-state index contributed by atoms with van der Waals surface area (Å²) >= 11 is 0.